The second-order valence-corrected chi connectivity index (χ2v) is 13.1. The van der Waals surface area contributed by atoms with Gasteiger partial charge in [-0.25, -0.2) is 8.78 Å². The van der Waals surface area contributed by atoms with E-state index >= 15 is 4.39 Å². The molecule has 0 bridgehead atoms. The van der Waals surface area contributed by atoms with E-state index in [1.807, 2.05) is 0 Å². The average Bonchev–Trinajstić information content (AvgIpc) is 3.23. The number of hydrogen-bond donors (Lipinski definition) is 1. The fourth-order valence-electron chi connectivity index (χ4n) is 8.34. The maximum Gasteiger partial charge on any atom is 0.199 e. The maximum absolute atomic E-state index is 16.9. The fourth-order valence-corrected chi connectivity index (χ4v) is 9.15. The van der Waals surface area contributed by atoms with Gasteiger partial charge in [-0.2, -0.15) is 0 Å². The number of halogens is 2. The predicted molar refractivity (Wildman–Crippen MR) is 136 cm³/mol. The van der Waals surface area contributed by atoms with E-state index in [2.05, 4.69) is 32.6 Å². The van der Waals surface area contributed by atoms with Gasteiger partial charge in [0.2, 0.25) is 0 Å². The summed E-state index contributed by atoms with van der Waals surface area (Å²) >= 11 is 0.751. The number of ketones is 1. The van der Waals surface area contributed by atoms with Gasteiger partial charge < -0.3 is 10.0 Å². The van der Waals surface area contributed by atoms with Crippen LogP contribution in [0.3, 0.4) is 0 Å². The molecular weight excluding hydrogens is 468 g/mol. The van der Waals surface area contributed by atoms with Gasteiger partial charge in [-0.15, -0.1) is 0 Å². The van der Waals surface area contributed by atoms with Crippen molar-refractivity contribution in [2.45, 2.75) is 78.0 Å². The number of likely N-dealkylation sites (tertiary alicyclic amines) is 1. The predicted octanol–water partition coefficient (Wildman–Crippen LogP) is 5.51. The highest BCUT2D eigenvalue weighted by molar-refractivity contribution is 8.13. The van der Waals surface area contributed by atoms with Crippen LogP contribution in [0.5, 0.6) is 0 Å². The third kappa shape index (κ3) is 4.08. The average molecular weight is 510 g/mol. The standard InChI is InChI=1S/C28H41F2NO3S/c1-19(2)11-13-31-16-20-14-25(3)22-10-6-5-8-21(32)9-7-12-28(22,30)23(33)15-26(25,4)27(20,17-31)24(34)35-18-29/h5,7-9,19-20,22-23,33H,6,10-18H2,1-4H3. The molecule has 4 nitrogen and oxygen atoms in total. The normalized spacial score (nSPS) is 43.8. The van der Waals surface area contributed by atoms with Crippen LogP contribution in [0, 0.1) is 34.0 Å². The number of thioether (sulfide) groups is 1. The van der Waals surface area contributed by atoms with Gasteiger partial charge in [-0.3, -0.25) is 9.59 Å². The Morgan fingerprint density at radius 2 is 1.97 bits per heavy atom. The molecule has 7 atom stereocenters. The van der Waals surface area contributed by atoms with E-state index in [-0.39, 0.29) is 29.7 Å². The first-order valence-corrected chi connectivity index (χ1v) is 14.1. The molecule has 0 aromatic carbocycles. The molecule has 1 heterocycles. The van der Waals surface area contributed by atoms with E-state index in [0.717, 1.165) is 31.3 Å². The third-order valence-corrected chi connectivity index (χ3v) is 11.0. The summed E-state index contributed by atoms with van der Waals surface area (Å²) < 4.78 is 30.4. The zero-order valence-corrected chi connectivity index (χ0v) is 22.4. The minimum Gasteiger partial charge on any atom is -0.390 e. The SMILES string of the molecule is CC(C)CCN1CC2CC3(C)C4CCC=CC(=O)C=CCC4(F)C(O)CC3(C)C2(C(=O)SCF)C1. The molecule has 1 saturated heterocycles. The summed E-state index contributed by atoms with van der Waals surface area (Å²) in [5.74, 6) is -0.0873. The summed E-state index contributed by atoms with van der Waals surface area (Å²) in [6.45, 7) is 10.8. The van der Waals surface area contributed by atoms with Crippen LogP contribution in [0.2, 0.25) is 0 Å². The van der Waals surface area contributed by atoms with Crippen molar-refractivity contribution < 1.29 is 23.5 Å². The Morgan fingerprint density at radius 3 is 2.66 bits per heavy atom. The molecule has 3 aliphatic carbocycles. The number of rotatable bonds is 5. The number of hydrogen-bond acceptors (Lipinski definition) is 5. The first-order chi connectivity index (χ1) is 16.4. The van der Waals surface area contributed by atoms with Gasteiger partial charge in [0.05, 0.1) is 11.5 Å². The molecule has 4 aliphatic rings. The number of carbonyl (C=O) groups excluding carboxylic acids is 2. The van der Waals surface area contributed by atoms with Gasteiger partial charge in [0.25, 0.3) is 0 Å². The van der Waals surface area contributed by atoms with Gasteiger partial charge in [0, 0.05) is 25.4 Å². The molecule has 7 heteroatoms. The molecule has 3 fully saturated rings. The summed E-state index contributed by atoms with van der Waals surface area (Å²) in [6.07, 6.45) is 7.93. The molecule has 7 unspecified atom stereocenters. The quantitative estimate of drug-likeness (QED) is 0.530. The van der Waals surface area contributed by atoms with Crippen molar-refractivity contribution in [1.82, 2.24) is 4.90 Å². The van der Waals surface area contributed by atoms with Crippen LogP contribution in [0.15, 0.2) is 24.3 Å². The smallest absolute Gasteiger partial charge is 0.199 e. The summed E-state index contributed by atoms with van der Waals surface area (Å²) in [5.41, 5.74) is -3.88. The zero-order chi connectivity index (χ0) is 25.6. The summed E-state index contributed by atoms with van der Waals surface area (Å²) in [6, 6.07) is -0.769. The van der Waals surface area contributed by atoms with E-state index in [0.29, 0.717) is 31.7 Å². The van der Waals surface area contributed by atoms with Crippen molar-refractivity contribution in [3.8, 4) is 0 Å². The zero-order valence-electron chi connectivity index (χ0n) is 21.6. The second-order valence-electron chi connectivity index (χ2n) is 12.3. The number of carbonyl (C=O) groups is 2. The topological polar surface area (TPSA) is 57.6 Å². The molecule has 4 rings (SSSR count). The van der Waals surface area contributed by atoms with Crippen molar-refractivity contribution in [3.63, 3.8) is 0 Å². The number of alkyl halides is 2. The van der Waals surface area contributed by atoms with Gasteiger partial charge in [0.1, 0.15) is 11.7 Å². The molecule has 0 radical (unpaired) electrons. The molecule has 1 aliphatic heterocycles. The number of allylic oxidation sites excluding steroid dienone is 4. The monoisotopic (exact) mass is 509 g/mol. The first-order valence-electron chi connectivity index (χ1n) is 13.1. The van der Waals surface area contributed by atoms with Crippen LogP contribution >= 0.6 is 11.8 Å². The van der Waals surface area contributed by atoms with E-state index in [1.54, 1.807) is 12.2 Å². The Labute approximate surface area is 213 Å². The number of fused-ring (bicyclic) bond motifs is 5. The molecular formula is C28H41F2NO3S. The van der Waals surface area contributed by atoms with Crippen molar-refractivity contribution in [3.05, 3.63) is 24.3 Å². The van der Waals surface area contributed by atoms with E-state index in [1.165, 1.54) is 12.2 Å². The van der Waals surface area contributed by atoms with Crippen LogP contribution in [0.25, 0.3) is 0 Å². The van der Waals surface area contributed by atoms with Crippen molar-refractivity contribution >= 4 is 22.7 Å². The summed E-state index contributed by atoms with van der Waals surface area (Å²) in [5, 5.41) is 11.3. The Balaban J connectivity index is 1.77. The van der Waals surface area contributed by atoms with Gasteiger partial charge in [-0.1, -0.05) is 51.6 Å². The van der Waals surface area contributed by atoms with Crippen molar-refractivity contribution in [2.75, 3.05) is 25.6 Å². The lowest BCUT2D eigenvalue weighted by Crippen LogP contribution is -2.65. The van der Waals surface area contributed by atoms with Crippen LogP contribution in [0.4, 0.5) is 8.78 Å². The Morgan fingerprint density at radius 1 is 1.26 bits per heavy atom. The highest BCUT2D eigenvalue weighted by Gasteiger charge is 2.78. The number of aliphatic hydroxyl groups excluding tert-OH is 1. The Hall–Kier alpha value is -1.05. The molecule has 2 saturated carbocycles. The molecule has 0 aromatic rings. The van der Waals surface area contributed by atoms with Crippen LogP contribution in [-0.4, -0.2) is 58.3 Å². The Kier molecular flexibility index (Phi) is 7.47. The fraction of sp³-hybridized carbons (Fsp3) is 0.786. The largest absolute Gasteiger partial charge is 0.390 e. The van der Waals surface area contributed by atoms with Gasteiger partial charge in [0.15, 0.2) is 10.9 Å². The summed E-state index contributed by atoms with van der Waals surface area (Å²) in [7, 11) is 0. The van der Waals surface area contributed by atoms with Crippen LogP contribution < -0.4 is 0 Å². The minimum atomic E-state index is -1.87. The molecule has 0 amide bonds. The van der Waals surface area contributed by atoms with E-state index < -0.39 is 39.9 Å². The number of aliphatic hydroxyl groups is 1. The third-order valence-electron chi connectivity index (χ3n) is 10.3. The lowest BCUT2D eigenvalue weighted by atomic mass is 9.44. The van der Waals surface area contributed by atoms with Crippen LogP contribution in [-0.2, 0) is 9.59 Å². The minimum absolute atomic E-state index is 0.00818. The van der Waals surface area contributed by atoms with E-state index in [9.17, 15) is 19.1 Å². The van der Waals surface area contributed by atoms with E-state index in [4.69, 9.17) is 0 Å². The molecule has 1 N–H and O–H groups in total. The second kappa shape index (κ2) is 9.68. The van der Waals surface area contributed by atoms with Crippen LogP contribution in [0.1, 0.15) is 66.2 Å². The maximum atomic E-state index is 16.9. The molecule has 0 spiro atoms. The lowest BCUT2D eigenvalue weighted by molar-refractivity contribution is -0.203. The van der Waals surface area contributed by atoms with Crippen molar-refractivity contribution in [2.24, 2.45) is 34.0 Å². The number of nitrogens with zero attached hydrogens (tertiary/aromatic N) is 1. The molecule has 196 valence electrons. The highest BCUT2D eigenvalue weighted by Crippen LogP contribution is 2.77. The van der Waals surface area contributed by atoms with Crippen molar-refractivity contribution in [1.29, 1.82) is 0 Å². The van der Waals surface area contributed by atoms with Gasteiger partial charge >= 0.3 is 0 Å². The molecule has 0 aromatic heterocycles. The lowest BCUT2D eigenvalue weighted by Gasteiger charge is -2.62. The summed E-state index contributed by atoms with van der Waals surface area (Å²) in [4.78, 5) is 28.1. The Bertz CT molecular complexity index is 909. The van der Waals surface area contributed by atoms with Gasteiger partial charge in [-0.05, 0) is 73.5 Å². The highest BCUT2D eigenvalue weighted by atomic mass is 32.2. The molecule has 35 heavy (non-hydrogen) atoms. The first kappa shape index (κ1) is 27.0.